The molecular weight excluding hydrogens is 485 g/mol. The third kappa shape index (κ3) is 11.2. The van der Waals surface area contributed by atoms with Crippen LogP contribution in [0, 0.1) is 11.8 Å². The van der Waals surface area contributed by atoms with E-state index in [0.29, 0.717) is 0 Å². The van der Waals surface area contributed by atoms with Gasteiger partial charge in [-0.3, -0.25) is 4.98 Å². The van der Waals surface area contributed by atoms with E-state index in [-0.39, 0.29) is 0 Å². The average molecular weight is 528 g/mol. The quantitative estimate of drug-likeness (QED) is 0.209. The number of nitrogens with one attached hydrogen (secondary N) is 1. The van der Waals surface area contributed by atoms with Gasteiger partial charge < -0.3 is 24.9 Å². The first kappa shape index (κ1) is 30.0. The minimum absolute atomic E-state index is 0.765. The normalized spacial score (nSPS) is 13.8. The zero-order valence-corrected chi connectivity index (χ0v) is 23.3. The molecule has 7 nitrogen and oxygen atoms in total. The fourth-order valence-electron chi connectivity index (χ4n) is 4.36. The molecule has 0 spiro atoms. The summed E-state index contributed by atoms with van der Waals surface area (Å²) in [5, 5.41) is 5.71. The second kappa shape index (κ2) is 14.5. The third-order valence-corrected chi connectivity index (χ3v) is 6.55. The zero-order chi connectivity index (χ0) is 26.0. The van der Waals surface area contributed by atoms with Gasteiger partial charge in [-0.1, -0.05) is 45.4 Å². The molecule has 0 radical (unpaired) electrons. The van der Waals surface area contributed by atoms with Crippen LogP contribution in [0.15, 0.2) is 18.2 Å². The number of rotatable bonds is 11. The highest BCUT2D eigenvalue weighted by molar-refractivity contribution is 7.45. The Morgan fingerprint density at radius 3 is 2.23 bits per heavy atom. The van der Waals surface area contributed by atoms with E-state index in [2.05, 4.69) is 44.0 Å². The molecule has 0 unspecified atom stereocenters. The van der Waals surface area contributed by atoms with Crippen molar-refractivity contribution >= 4 is 36.0 Å². The standard InChI is InChI=1S/C26H40ClN3.H3O4P/c1-19(2)13-17-30(18-14-20(3)4)16-8-15-28-26-21-9-5-6-11-23(21)29-24-12-7-10-22(27)25(24)26;1-5(2,3)4/h7,10,12,19-20H,5-6,8-9,11,13-18H2,1-4H3,(H,28,29);(H3,1,2,3,4). The van der Waals surface area contributed by atoms with Crippen molar-refractivity contribution in [3.05, 3.63) is 34.5 Å². The number of hydrogen-bond donors (Lipinski definition) is 4. The summed E-state index contributed by atoms with van der Waals surface area (Å²) in [5.41, 5.74) is 4.95. The monoisotopic (exact) mass is 527 g/mol. The van der Waals surface area contributed by atoms with Gasteiger partial charge in [0.2, 0.25) is 0 Å². The van der Waals surface area contributed by atoms with Gasteiger partial charge in [-0.2, -0.15) is 0 Å². The number of nitrogens with zero attached hydrogens (tertiary/aromatic N) is 2. The number of halogens is 1. The Bertz CT molecular complexity index is 960. The van der Waals surface area contributed by atoms with E-state index in [9.17, 15) is 0 Å². The fourth-order valence-corrected chi connectivity index (χ4v) is 4.62. The van der Waals surface area contributed by atoms with Crippen molar-refractivity contribution < 1.29 is 19.2 Å². The lowest BCUT2D eigenvalue weighted by Gasteiger charge is -2.25. The van der Waals surface area contributed by atoms with Crippen LogP contribution in [0.25, 0.3) is 10.9 Å². The Morgan fingerprint density at radius 1 is 1.03 bits per heavy atom. The summed E-state index contributed by atoms with van der Waals surface area (Å²) in [4.78, 5) is 29.2. The maximum absolute atomic E-state index is 8.88. The second-order valence-electron chi connectivity index (χ2n) is 10.3. The van der Waals surface area contributed by atoms with E-state index < -0.39 is 7.82 Å². The van der Waals surface area contributed by atoms with Gasteiger partial charge in [0.1, 0.15) is 0 Å². The van der Waals surface area contributed by atoms with E-state index in [1.165, 1.54) is 55.7 Å². The molecular formula is C26H43ClN3O4P. The molecule has 1 aliphatic rings. The first-order chi connectivity index (χ1) is 16.5. The van der Waals surface area contributed by atoms with Gasteiger partial charge in [-0.15, -0.1) is 0 Å². The van der Waals surface area contributed by atoms with Crippen LogP contribution in [0.3, 0.4) is 0 Å². The van der Waals surface area contributed by atoms with Crippen LogP contribution in [-0.4, -0.2) is 50.7 Å². The van der Waals surface area contributed by atoms with Crippen LogP contribution in [0.2, 0.25) is 5.02 Å². The smallest absolute Gasteiger partial charge is 0.384 e. The van der Waals surface area contributed by atoms with Gasteiger partial charge in [-0.25, -0.2) is 4.57 Å². The summed E-state index contributed by atoms with van der Waals surface area (Å²) in [6.07, 6.45) is 8.40. The highest BCUT2D eigenvalue weighted by Gasteiger charge is 2.19. The van der Waals surface area contributed by atoms with Crippen LogP contribution in [0.5, 0.6) is 0 Å². The van der Waals surface area contributed by atoms with E-state index in [4.69, 9.17) is 35.8 Å². The minimum atomic E-state index is -4.64. The third-order valence-electron chi connectivity index (χ3n) is 6.24. The van der Waals surface area contributed by atoms with Crippen molar-refractivity contribution in [3.8, 4) is 0 Å². The summed E-state index contributed by atoms with van der Waals surface area (Å²) in [7, 11) is -4.64. The lowest BCUT2D eigenvalue weighted by atomic mass is 9.92. The van der Waals surface area contributed by atoms with Crippen molar-refractivity contribution in [1.82, 2.24) is 9.88 Å². The van der Waals surface area contributed by atoms with E-state index in [1.54, 1.807) is 0 Å². The first-order valence-corrected chi connectivity index (χ1v) is 14.7. The molecule has 0 aliphatic heterocycles. The lowest BCUT2D eigenvalue weighted by molar-refractivity contribution is 0.243. The fraction of sp³-hybridized carbons (Fsp3) is 0.654. The van der Waals surface area contributed by atoms with E-state index >= 15 is 0 Å². The van der Waals surface area contributed by atoms with Crippen molar-refractivity contribution in [3.63, 3.8) is 0 Å². The SMILES string of the molecule is CC(C)CCN(CCCNc1c2c(nc3cccc(Cl)c13)CCCC2)CCC(C)C.O=P(O)(O)O. The van der Waals surface area contributed by atoms with Crippen LogP contribution in [-0.2, 0) is 17.4 Å². The molecule has 0 saturated heterocycles. The molecule has 2 aromatic rings. The van der Waals surface area contributed by atoms with Gasteiger partial charge >= 0.3 is 7.82 Å². The van der Waals surface area contributed by atoms with Crippen molar-refractivity contribution in [1.29, 1.82) is 0 Å². The van der Waals surface area contributed by atoms with E-state index in [1.807, 2.05) is 12.1 Å². The number of anilines is 1. The summed E-state index contributed by atoms with van der Waals surface area (Å²) >= 11 is 6.62. The molecule has 0 bridgehead atoms. The highest BCUT2D eigenvalue weighted by atomic mass is 35.5. The molecule has 0 amide bonds. The topological polar surface area (TPSA) is 106 Å². The minimum Gasteiger partial charge on any atom is -0.384 e. The molecule has 1 aromatic heterocycles. The number of fused-ring (bicyclic) bond motifs is 2. The summed E-state index contributed by atoms with van der Waals surface area (Å²) < 4.78 is 8.88. The van der Waals surface area contributed by atoms with Crippen molar-refractivity contribution in [2.75, 3.05) is 31.5 Å². The Hall–Kier alpha value is -1.21. The zero-order valence-electron chi connectivity index (χ0n) is 21.6. The molecule has 198 valence electrons. The molecule has 1 aliphatic carbocycles. The molecule has 1 aromatic carbocycles. The van der Waals surface area contributed by atoms with Crippen LogP contribution in [0.4, 0.5) is 5.69 Å². The summed E-state index contributed by atoms with van der Waals surface area (Å²) in [5.74, 6) is 1.53. The predicted molar refractivity (Wildman–Crippen MR) is 146 cm³/mol. The number of aromatic nitrogens is 1. The van der Waals surface area contributed by atoms with Gasteiger partial charge in [0.05, 0.1) is 16.2 Å². The molecule has 1 heterocycles. The van der Waals surface area contributed by atoms with Gasteiger partial charge in [-0.05, 0) is 94.1 Å². The Labute approximate surface area is 215 Å². The number of aryl methyl sites for hydroxylation is 1. The molecule has 9 heteroatoms. The van der Waals surface area contributed by atoms with Gasteiger partial charge in [0.25, 0.3) is 0 Å². The van der Waals surface area contributed by atoms with Crippen LogP contribution in [0.1, 0.15) is 71.1 Å². The predicted octanol–water partition coefficient (Wildman–Crippen LogP) is 6.03. The number of hydrogen-bond acceptors (Lipinski definition) is 4. The second-order valence-corrected chi connectivity index (χ2v) is 11.7. The van der Waals surface area contributed by atoms with Gasteiger partial charge in [0, 0.05) is 17.6 Å². The Kier molecular flexibility index (Phi) is 12.4. The highest BCUT2D eigenvalue weighted by Crippen LogP contribution is 2.36. The van der Waals surface area contributed by atoms with Crippen molar-refractivity contribution in [2.24, 2.45) is 11.8 Å². The number of phosphoric acid groups is 1. The Morgan fingerprint density at radius 2 is 1.63 bits per heavy atom. The lowest BCUT2D eigenvalue weighted by Crippen LogP contribution is -2.30. The molecule has 35 heavy (non-hydrogen) atoms. The molecule has 0 atom stereocenters. The molecule has 0 saturated carbocycles. The Balaban J connectivity index is 0.000000784. The average Bonchev–Trinajstić information content (AvgIpc) is 2.76. The van der Waals surface area contributed by atoms with E-state index in [0.717, 1.165) is 60.1 Å². The maximum atomic E-state index is 8.88. The molecule has 0 fully saturated rings. The number of pyridine rings is 1. The molecule has 3 rings (SSSR count). The molecule has 4 N–H and O–H groups in total. The van der Waals surface area contributed by atoms with Crippen LogP contribution >= 0.6 is 19.4 Å². The van der Waals surface area contributed by atoms with Gasteiger partial charge in [0.15, 0.2) is 0 Å². The maximum Gasteiger partial charge on any atom is 0.466 e. The largest absolute Gasteiger partial charge is 0.466 e. The summed E-state index contributed by atoms with van der Waals surface area (Å²) in [6, 6.07) is 6.10. The summed E-state index contributed by atoms with van der Waals surface area (Å²) in [6.45, 7) is 13.9. The van der Waals surface area contributed by atoms with Crippen molar-refractivity contribution in [2.45, 2.75) is 72.6 Å². The first-order valence-electron chi connectivity index (χ1n) is 12.8. The number of benzene rings is 1. The van der Waals surface area contributed by atoms with Crippen LogP contribution < -0.4 is 5.32 Å².